The number of carbonyl (C=O) groups excluding carboxylic acids is 1. The smallest absolute Gasteiger partial charge is 0.283 e. The minimum Gasteiger partial charge on any atom is -0.347 e. The molecule has 0 aliphatic heterocycles. The number of nitrogens with zero attached hydrogens (tertiary/aromatic N) is 1. The van der Waals surface area contributed by atoms with Crippen LogP contribution in [0, 0.1) is 10.1 Å². The number of hydrogen-bond acceptors (Lipinski definition) is 3. The Kier molecular flexibility index (Phi) is 4.48. The molecular weight excluding hydrogens is 267 g/mol. The zero-order valence-corrected chi connectivity index (χ0v) is 10.1. The molecule has 0 saturated carbocycles. The molecule has 1 rings (SSSR count). The lowest BCUT2D eigenvalue weighted by atomic mass is 10.1. The van der Waals surface area contributed by atoms with Crippen molar-refractivity contribution in [1.29, 1.82) is 0 Å². The van der Waals surface area contributed by atoms with Gasteiger partial charge in [0.05, 0.1) is 11.5 Å². The van der Waals surface area contributed by atoms with Crippen LogP contribution < -0.4 is 5.32 Å². The summed E-state index contributed by atoms with van der Waals surface area (Å²) in [6.07, 6.45) is 0. The van der Waals surface area contributed by atoms with Crippen molar-refractivity contribution in [2.45, 2.75) is 0 Å². The van der Waals surface area contributed by atoms with Gasteiger partial charge in [-0.25, -0.2) is 0 Å². The van der Waals surface area contributed by atoms with E-state index in [1.807, 2.05) is 0 Å². The van der Waals surface area contributed by atoms with Crippen LogP contribution in [0.1, 0.15) is 10.4 Å². The molecule has 0 bridgehead atoms. The number of nitrogens with one attached hydrogen (secondary N) is 1. The van der Waals surface area contributed by atoms with E-state index in [0.29, 0.717) is 0 Å². The van der Waals surface area contributed by atoms with Crippen LogP contribution in [0.4, 0.5) is 5.69 Å². The number of nitro benzene ring substituents is 1. The Bertz CT molecular complexity index is 488. The molecule has 1 aromatic rings. The third kappa shape index (κ3) is 3.72. The van der Waals surface area contributed by atoms with Gasteiger partial charge in [-0.15, -0.1) is 0 Å². The van der Waals surface area contributed by atoms with E-state index in [1.165, 1.54) is 12.1 Å². The molecule has 90 valence electrons. The standard InChI is InChI=1S/C10H8Cl2N2O3/c1-6(11)5-13-10(15)8-3-2-7(12)4-9(8)14(16)17/h2-4H,1,5H2,(H,13,15). The fraction of sp³-hybridized carbons (Fsp3) is 0.100. The van der Waals surface area contributed by atoms with Crippen molar-refractivity contribution < 1.29 is 9.72 Å². The molecule has 0 spiro atoms. The average Bonchev–Trinajstić information content (AvgIpc) is 2.25. The Morgan fingerprint density at radius 3 is 2.71 bits per heavy atom. The van der Waals surface area contributed by atoms with E-state index in [4.69, 9.17) is 23.2 Å². The zero-order chi connectivity index (χ0) is 13.0. The zero-order valence-electron chi connectivity index (χ0n) is 8.57. The average molecular weight is 275 g/mol. The van der Waals surface area contributed by atoms with E-state index in [2.05, 4.69) is 11.9 Å². The van der Waals surface area contributed by atoms with Crippen molar-refractivity contribution in [3.8, 4) is 0 Å². The maximum atomic E-state index is 11.6. The van der Waals surface area contributed by atoms with Crippen molar-refractivity contribution >= 4 is 34.8 Å². The first-order valence-corrected chi connectivity index (χ1v) is 5.23. The van der Waals surface area contributed by atoms with E-state index in [9.17, 15) is 14.9 Å². The maximum absolute atomic E-state index is 11.6. The topological polar surface area (TPSA) is 72.2 Å². The minimum absolute atomic E-state index is 0.0418. The SMILES string of the molecule is C=C(Cl)CNC(=O)c1ccc(Cl)cc1[N+](=O)[O-]. The number of carbonyl (C=O) groups is 1. The van der Waals surface area contributed by atoms with Crippen molar-refractivity contribution in [1.82, 2.24) is 5.32 Å². The molecule has 0 fully saturated rings. The van der Waals surface area contributed by atoms with E-state index in [0.717, 1.165) is 6.07 Å². The fourth-order valence-electron chi connectivity index (χ4n) is 1.12. The van der Waals surface area contributed by atoms with Crippen molar-refractivity contribution in [3.05, 3.63) is 50.5 Å². The van der Waals surface area contributed by atoms with Crippen LogP contribution in [-0.2, 0) is 0 Å². The Morgan fingerprint density at radius 1 is 1.53 bits per heavy atom. The molecule has 0 aromatic heterocycles. The van der Waals surface area contributed by atoms with E-state index in [-0.39, 0.29) is 27.9 Å². The molecule has 0 aliphatic rings. The predicted molar refractivity (Wildman–Crippen MR) is 65.4 cm³/mol. The second-order valence-corrected chi connectivity index (χ2v) is 4.09. The van der Waals surface area contributed by atoms with Crippen LogP contribution in [0.2, 0.25) is 5.02 Å². The molecule has 0 aliphatic carbocycles. The van der Waals surface area contributed by atoms with Gasteiger partial charge < -0.3 is 5.32 Å². The lowest BCUT2D eigenvalue weighted by Gasteiger charge is -2.04. The molecule has 17 heavy (non-hydrogen) atoms. The summed E-state index contributed by atoms with van der Waals surface area (Å²) in [6, 6.07) is 3.80. The lowest BCUT2D eigenvalue weighted by Crippen LogP contribution is -2.25. The highest BCUT2D eigenvalue weighted by Gasteiger charge is 2.20. The lowest BCUT2D eigenvalue weighted by molar-refractivity contribution is -0.385. The van der Waals surface area contributed by atoms with Gasteiger partial charge in [0.1, 0.15) is 5.56 Å². The van der Waals surface area contributed by atoms with E-state index in [1.54, 1.807) is 0 Å². The fourth-order valence-corrected chi connectivity index (χ4v) is 1.35. The summed E-state index contributed by atoms with van der Waals surface area (Å²) in [6.45, 7) is 3.43. The third-order valence-electron chi connectivity index (χ3n) is 1.84. The summed E-state index contributed by atoms with van der Waals surface area (Å²) < 4.78 is 0. The van der Waals surface area contributed by atoms with Crippen LogP contribution in [0.3, 0.4) is 0 Å². The quantitative estimate of drug-likeness (QED) is 0.678. The van der Waals surface area contributed by atoms with Crippen molar-refractivity contribution in [2.75, 3.05) is 6.54 Å². The molecule has 0 heterocycles. The van der Waals surface area contributed by atoms with Crippen LogP contribution in [0.15, 0.2) is 29.8 Å². The van der Waals surface area contributed by atoms with Gasteiger partial charge in [-0.2, -0.15) is 0 Å². The van der Waals surface area contributed by atoms with Crippen LogP contribution >= 0.6 is 23.2 Å². The molecular formula is C10H8Cl2N2O3. The molecule has 1 amide bonds. The van der Waals surface area contributed by atoms with Gasteiger partial charge in [0, 0.05) is 16.1 Å². The number of amides is 1. The molecule has 5 nitrogen and oxygen atoms in total. The number of halogens is 2. The summed E-state index contributed by atoms with van der Waals surface area (Å²) in [5.74, 6) is -0.602. The van der Waals surface area contributed by atoms with Gasteiger partial charge >= 0.3 is 0 Å². The van der Waals surface area contributed by atoms with Crippen LogP contribution in [0.5, 0.6) is 0 Å². The van der Waals surface area contributed by atoms with Crippen molar-refractivity contribution in [2.24, 2.45) is 0 Å². The first-order chi connectivity index (χ1) is 7.91. The van der Waals surface area contributed by atoms with Gasteiger partial charge in [-0.05, 0) is 12.1 Å². The summed E-state index contributed by atoms with van der Waals surface area (Å²) in [7, 11) is 0. The van der Waals surface area contributed by atoms with Crippen LogP contribution in [0.25, 0.3) is 0 Å². The highest BCUT2D eigenvalue weighted by atomic mass is 35.5. The Morgan fingerprint density at radius 2 is 2.18 bits per heavy atom. The highest BCUT2D eigenvalue weighted by molar-refractivity contribution is 6.31. The first-order valence-electron chi connectivity index (χ1n) is 4.47. The molecule has 1 aromatic carbocycles. The number of benzene rings is 1. The highest BCUT2D eigenvalue weighted by Crippen LogP contribution is 2.23. The minimum atomic E-state index is -0.670. The van der Waals surface area contributed by atoms with Gasteiger partial charge in [0.25, 0.3) is 11.6 Å². The molecule has 0 atom stereocenters. The second kappa shape index (κ2) is 5.65. The number of nitro groups is 1. The Balaban J connectivity index is 3.00. The molecule has 0 unspecified atom stereocenters. The monoisotopic (exact) mass is 274 g/mol. The second-order valence-electron chi connectivity index (χ2n) is 3.12. The predicted octanol–water partition coefficient (Wildman–Crippen LogP) is 2.73. The molecule has 0 saturated heterocycles. The molecule has 0 radical (unpaired) electrons. The van der Waals surface area contributed by atoms with Gasteiger partial charge in [0.2, 0.25) is 0 Å². The van der Waals surface area contributed by atoms with E-state index < -0.39 is 10.8 Å². The normalized spacial score (nSPS) is 9.76. The van der Waals surface area contributed by atoms with E-state index >= 15 is 0 Å². The molecule has 1 N–H and O–H groups in total. The first kappa shape index (κ1) is 13.5. The third-order valence-corrected chi connectivity index (χ3v) is 2.21. The summed E-state index contributed by atoms with van der Waals surface area (Å²) in [5, 5.41) is 13.6. The number of hydrogen-bond donors (Lipinski definition) is 1. The number of rotatable bonds is 4. The Hall–Kier alpha value is -1.59. The summed E-state index contributed by atoms with van der Waals surface area (Å²) in [5.41, 5.74) is -0.424. The van der Waals surface area contributed by atoms with Gasteiger partial charge in [0.15, 0.2) is 0 Å². The van der Waals surface area contributed by atoms with Crippen LogP contribution in [-0.4, -0.2) is 17.4 Å². The summed E-state index contributed by atoms with van der Waals surface area (Å²) >= 11 is 11.1. The Labute approximate surface area is 107 Å². The largest absolute Gasteiger partial charge is 0.347 e. The maximum Gasteiger partial charge on any atom is 0.283 e. The summed E-state index contributed by atoms with van der Waals surface area (Å²) in [4.78, 5) is 21.7. The molecule has 7 heteroatoms. The van der Waals surface area contributed by atoms with Crippen molar-refractivity contribution in [3.63, 3.8) is 0 Å². The van der Waals surface area contributed by atoms with Gasteiger partial charge in [-0.1, -0.05) is 29.8 Å². The van der Waals surface area contributed by atoms with Gasteiger partial charge in [-0.3, -0.25) is 14.9 Å².